The molecule has 1 aromatic rings. The molecule has 0 bridgehead atoms. The quantitative estimate of drug-likeness (QED) is 0.697. The van der Waals surface area contributed by atoms with Crippen LogP contribution in [0.2, 0.25) is 0 Å². The van der Waals surface area contributed by atoms with Crippen molar-refractivity contribution in [1.29, 1.82) is 0 Å². The van der Waals surface area contributed by atoms with Crippen LogP contribution in [0, 0.1) is 0 Å². The van der Waals surface area contributed by atoms with Gasteiger partial charge in [-0.05, 0) is 6.42 Å². The number of carbonyl (C=O) groups excluding carboxylic acids is 1. The van der Waals surface area contributed by atoms with Crippen molar-refractivity contribution in [3.05, 3.63) is 5.89 Å². The Balaban J connectivity index is 1.52. The summed E-state index contributed by atoms with van der Waals surface area (Å²) in [6.45, 7) is 2.34. The number of morpholine rings is 1. The highest BCUT2D eigenvalue weighted by molar-refractivity contribution is 7.99. The van der Waals surface area contributed by atoms with Gasteiger partial charge in [0.1, 0.15) is 0 Å². The molecule has 0 N–H and O–H groups in total. The third-order valence-corrected chi connectivity index (χ3v) is 6.26. The molecule has 1 atom stereocenters. The molecule has 2 aliphatic rings. The van der Waals surface area contributed by atoms with Gasteiger partial charge in [-0.3, -0.25) is 4.79 Å². The third-order valence-electron chi connectivity index (χ3n) is 3.69. The van der Waals surface area contributed by atoms with E-state index in [0.717, 1.165) is 0 Å². The average Bonchev–Trinajstić information content (AvgIpc) is 3.12. The first kappa shape index (κ1) is 15.8. The SMILES string of the molecule is O=C(CSc1nnc(C2CCS(=O)(=O)C2)o1)N1CCOCC1. The number of hydrogen-bond donors (Lipinski definition) is 0. The molecule has 0 aromatic carbocycles. The van der Waals surface area contributed by atoms with Gasteiger partial charge in [-0.15, -0.1) is 10.2 Å². The number of carbonyl (C=O) groups is 1. The molecular formula is C12H17N3O5S2. The Bertz CT molecular complexity index is 639. The maximum Gasteiger partial charge on any atom is 0.277 e. The molecule has 122 valence electrons. The van der Waals surface area contributed by atoms with Gasteiger partial charge >= 0.3 is 0 Å². The fraction of sp³-hybridized carbons (Fsp3) is 0.750. The summed E-state index contributed by atoms with van der Waals surface area (Å²) >= 11 is 1.18. The minimum atomic E-state index is -2.98. The number of hydrogen-bond acceptors (Lipinski definition) is 8. The summed E-state index contributed by atoms with van der Waals surface area (Å²) in [6, 6.07) is 0. The molecule has 1 unspecified atom stereocenters. The Hall–Kier alpha value is -1.13. The largest absolute Gasteiger partial charge is 0.416 e. The number of ether oxygens (including phenoxy) is 1. The second kappa shape index (κ2) is 6.55. The molecule has 2 fully saturated rings. The molecule has 2 aliphatic heterocycles. The highest BCUT2D eigenvalue weighted by Crippen LogP contribution is 2.29. The smallest absolute Gasteiger partial charge is 0.277 e. The van der Waals surface area contributed by atoms with E-state index in [2.05, 4.69) is 10.2 Å². The van der Waals surface area contributed by atoms with Crippen LogP contribution in [0.15, 0.2) is 9.64 Å². The molecule has 8 nitrogen and oxygen atoms in total. The van der Waals surface area contributed by atoms with E-state index < -0.39 is 9.84 Å². The fourth-order valence-electron chi connectivity index (χ4n) is 2.46. The van der Waals surface area contributed by atoms with Crippen LogP contribution < -0.4 is 0 Å². The van der Waals surface area contributed by atoms with Crippen LogP contribution in [-0.4, -0.2) is 73.0 Å². The molecule has 0 spiro atoms. The maximum atomic E-state index is 12.0. The van der Waals surface area contributed by atoms with Gasteiger partial charge < -0.3 is 14.1 Å². The van der Waals surface area contributed by atoms with E-state index in [1.807, 2.05) is 0 Å². The van der Waals surface area contributed by atoms with Gasteiger partial charge in [-0.2, -0.15) is 0 Å². The third kappa shape index (κ3) is 3.79. The summed E-state index contributed by atoms with van der Waals surface area (Å²) in [5.74, 6) is 0.593. The molecule has 0 radical (unpaired) electrons. The van der Waals surface area contributed by atoms with Gasteiger partial charge in [-0.25, -0.2) is 8.42 Å². The van der Waals surface area contributed by atoms with E-state index in [1.165, 1.54) is 11.8 Å². The first-order valence-corrected chi connectivity index (χ1v) is 9.86. The lowest BCUT2D eigenvalue weighted by molar-refractivity contribution is -0.132. The van der Waals surface area contributed by atoms with E-state index in [1.54, 1.807) is 4.90 Å². The van der Waals surface area contributed by atoms with Gasteiger partial charge in [0.2, 0.25) is 11.8 Å². The minimum Gasteiger partial charge on any atom is -0.416 e. The monoisotopic (exact) mass is 347 g/mol. The summed E-state index contributed by atoms with van der Waals surface area (Å²) in [6.07, 6.45) is 0.515. The van der Waals surface area contributed by atoms with Gasteiger partial charge in [0, 0.05) is 13.1 Å². The summed E-state index contributed by atoms with van der Waals surface area (Å²) in [5, 5.41) is 8.10. The van der Waals surface area contributed by atoms with Crippen molar-refractivity contribution < 1.29 is 22.4 Å². The highest BCUT2D eigenvalue weighted by Gasteiger charge is 2.32. The number of sulfone groups is 1. The number of aromatic nitrogens is 2. The van der Waals surface area contributed by atoms with E-state index >= 15 is 0 Å². The normalized spacial score (nSPS) is 24.5. The highest BCUT2D eigenvalue weighted by atomic mass is 32.2. The molecule has 22 heavy (non-hydrogen) atoms. The lowest BCUT2D eigenvalue weighted by Crippen LogP contribution is -2.41. The van der Waals surface area contributed by atoms with Gasteiger partial charge in [0.25, 0.3) is 5.22 Å². The van der Waals surface area contributed by atoms with Crippen LogP contribution in [0.5, 0.6) is 0 Å². The lowest BCUT2D eigenvalue weighted by atomic mass is 10.1. The zero-order valence-corrected chi connectivity index (χ0v) is 13.6. The summed E-state index contributed by atoms with van der Waals surface area (Å²) < 4.78 is 33.6. The molecule has 1 aromatic heterocycles. The summed E-state index contributed by atoms with van der Waals surface area (Å²) in [5.41, 5.74) is 0. The standard InChI is InChI=1S/C12H17N3O5S2/c16-10(15-2-4-19-5-3-15)7-21-12-14-13-11(20-12)9-1-6-22(17,18)8-9/h9H,1-8H2. The van der Waals surface area contributed by atoms with Crippen LogP contribution in [0.1, 0.15) is 18.2 Å². The van der Waals surface area contributed by atoms with Crippen molar-refractivity contribution >= 4 is 27.5 Å². The number of nitrogens with zero attached hydrogens (tertiary/aromatic N) is 3. The Kier molecular flexibility index (Phi) is 4.69. The summed E-state index contributed by atoms with van der Waals surface area (Å²) in [4.78, 5) is 13.7. The molecule has 2 saturated heterocycles. The molecule has 3 heterocycles. The molecular weight excluding hydrogens is 330 g/mol. The summed E-state index contributed by atoms with van der Waals surface area (Å²) in [7, 11) is -2.98. The Morgan fingerprint density at radius 3 is 2.77 bits per heavy atom. The van der Waals surface area contributed by atoms with Gasteiger partial charge in [0.05, 0.1) is 36.4 Å². The minimum absolute atomic E-state index is 0.0106. The average molecular weight is 347 g/mol. The van der Waals surface area contributed by atoms with E-state index in [-0.39, 0.29) is 29.1 Å². The molecule has 3 rings (SSSR count). The van der Waals surface area contributed by atoms with Crippen LogP contribution in [0.4, 0.5) is 0 Å². The van der Waals surface area contributed by atoms with E-state index in [9.17, 15) is 13.2 Å². The fourth-order valence-corrected chi connectivity index (χ4v) is 4.87. The molecule has 1 amide bonds. The first-order chi connectivity index (χ1) is 10.5. The zero-order chi connectivity index (χ0) is 15.6. The second-order valence-corrected chi connectivity index (χ2v) is 8.44. The Morgan fingerprint density at radius 1 is 1.32 bits per heavy atom. The maximum absolute atomic E-state index is 12.0. The van der Waals surface area contributed by atoms with Crippen LogP contribution in [0.3, 0.4) is 0 Å². The van der Waals surface area contributed by atoms with E-state index in [4.69, 9.17) is 9.15 Å². The number of amides is 1. The predicted octanol–water partition coefficient (Wildman–Crippen LogP) is -0.0774. The van der Waals surface area contributed by atoms with Crippen molar-refractivity contribution in [3.8, 4) is 0 Å². The van der Waals surface area contributed by atoms with Crippen molar-refractivity contribution in [3.63, 3.8) is 0 Å². The van der Waals surface area contributed by atoms with Crippen molar-refractivity contribution in [2.75, 3.05) is 43.6 Å². The second-order valence-electron chi connectivity index (χ2n) is 5.29. The first-order valence-electron chi connectivity index (χ1n) is 7.06. The van der Waals surface area contributed by atoms with Crippen molar-refractivity contribution in [1.82, 2.24) is 15.1 Å². The molecule has 0 saturated carbocycles. The Morgan fingerprint density at radius 2 is 2.09 bits per heavy atom. The van der Waals surface area contributed by atoms with Crippen LogP contribution >= 0.6 is 11.8 Å². The molecule has 0 aliphatic carbocycles. The topological polar surface area (TPSA) is 103 Å². The van der Waals surface area contributed by atoms with E-state index in [0.29, 0.717) is 43.8 Å². The predicted molar refractivity (Wildman–Crippen MR) is 78.4 cm³/mol. The van der Waals surface area contributed by atoms with Crippen LogP contribution in [0.25, 0.3) is 0 Å². The lowest BCUT2D eigenvalue weighted by Gasteiger charge is -2.26. The number of thioether (sulfide) groups is 1. The van der Waals surface area contributed by atoms with Crippen molar-refractivity contribution in [2.45, 2.75) is 17.6 Å². The van der Waals surface area contributed by atoms with Gasteiger partial charge in [-0.1, -0.05) is 11.8 Å². The number of rotatable bonds is 4. The van der Waals surface area contributed by atoms with Gasteiger partial charge in [0.15, 0.2) is 9.84 Å². The Labute approximate surface area is 132 Å². The van der Waals surface area contributed by atoms with Crippen LogP contribution in [-0.2, 0) is 19.4 Å². The van der Waals surface area contributed by atoms with Crippen molar-refractivity contribution in [2.24, 2.45) is 0 Å². The zero-order valence-electron chi connectivity index (χ0n) is 11.9. The molecule has 10 heteroatoms.